The SMILES string of the molecule is C[C@]12CC[C@H](O)CC1=CC[C@@H]1[C@@H]2CC[C@]2(C)C(c3ccc(N4CCN(C(c5ccc(F)cc5)c5ccc(F)cc5)CC4)nc3)=CC[C@@H]12. The average molecular weight is 636 g/mol. The van der Waals surface area contributed by atoms with Crippen LogP contribution in [0.2, 0.25) is 0 Å². The van der Waals surface area contributed by atoms with Crippen LogP contribution in [0.25, 0.3) is 5.57 Å². The molecule has 3 aromatic rings. The Morgan fingerprint density at radius 1 is 0.766 bits per heavy atom. The van der Waals surface area contributed by atoms with E-state index in [4.69, 9.17) is 4.98 Å². The van der Waals surface area contributed by atoms with E-state index in [1.54, 1.807) is 0 Å². The number of hydrogen-bond donors (Lipinski definition) is 1. The third-order valence-electron chi connectivity index (χ3n) is 13.1. The first kappa shape index (κ1) is 31.0. The molecule has 2 aromatic carbocycles. The topological polar surface area (TPSA) is 39.6 Å². The number of benzene rings is 2. The number of halogens is 2. The molecule has 2 heterocycles. The van der Waals surface area contributed by atoms with Crippen LogP contribution in [0.3, 0.4) is 0 Å². The molecule has 47 heavy (non-hydrogen) atoms. The summed E-state index contributed by atoms with van der Waals surface area (Å²) in [4.78, 5) is 9.79. The van der Waals surface area contributed by atoms with E-state index in [9.17, 15) is 13.9 Å². The van der Waals surface area contributed by atoms with Crippen LogP contribution in [-0.2, 0) is 0 Å². The number of fused-ring (bicyclic) bond motifs is 5. The van der Waals surface area contributed by atoms with Crippen LogP contribution in [0.5, 0.6) is 0 Å². The smallest absolute Gasteiger partial charge is 0.128 e. The fourth-order valence-electron chi connectivity index (χ4n) is 10.5. The van der Waals surface area contributed by atoms with Gasteiger partial charge in [0.25, 0.3) is 0 Å². The first-order chi connectivity index (χ1) is 22.7. The molecule has 1 aromatic heterocycles. The number of anilines is 1. The minimum Gasteiger partial charge on any atom is -0.393 e. The van der Waals surface area contributed by atoms with Gasteiger partial charge in [-0.05, 0) is 132 Å². The lowest BCUT2D eigenvalue weighted by Gasteiger charge is -2.57. The molecule has 3 fully saturated rings. The van der Waals surface area contributed by atoms with Crippen molar-refractivity contribution in [1.82, 2.24) is 9.88 Å². The summed E-state index contributed by atoms with van der Waals surface area (Å²) in [5, 5.41) is 10.4. The number of aliphatic hydroxyl groups is 1. The average Bonchev–Trinajstić information content (AvgIpc) is 3.44. The summed E-state index contributed by atoms with van der Waals surface area (Å²) in [6, 6.07) is 17.8. The predicted octanol–water partition coefficient (Wildman–Crippen LogP) is 8.59. The molecule has 1 saturated heterocycles. The Bertz CT molecular complexity index is 1610. The zero-order valence-corrected chi connectivity index (χ0v) is 27.7. The van der Waals surface area contributed by atoms with Gasteiger partial charge in [-0.15, -0.1) is 0 Å². The van der Waals surface area contributed by atoms with Crippen LogP contribution in [0.1, 0.15) is 81.5 Å². The van der Waals surface area contributed by atoms with Gasteiger partial charge in [0.05, 0.1) is 12.1 Å². The number of piperazine rings is 1. The van der Waals surface area contributed by atoms with E-state index in [0.717, 1.165) is 81.1 Å². The Kier molecular flexibility index (Phi) is 7.88. The van der Waals surface area contributed by atoms with Crippen LogP contribution >= 0.6 is 0 Å². The van der Waals surface area contributed by atoms with Crippen molar-refractivity contribution in [1.29, 1.82) is 0 Å². The number of pyridine rings is 1. The largest absolute Gasteiger partial charge is 0.393 e. The molecule has 0 unspecified atom stereocenters. The highest BCUT2D eigenvalue weighted by Crippen LogP contribution is 2.66. The molecule has 8 rings (SSSR count). The van der Waals surface area contributed by atoms with Crippen molar-refractivity contribution in [2.45, 2.75) is 70.9 Å². The minimum atomic E-state index is -0.253. The molecule has 0 spiro atoms. The molecule has 0 amide bonds. The van der Waals surface area contributed by atoms with E-state index in [0.29, 0.717) is 11.8 Å². The van der Waals surface area contributed by atoms with Crippen LogP contribution in [0, 0.1) is 40.2 Å². The van der Waals surface area contributed by atoms with Gasteiger partial charge in [0.15, 0.2) is 0 Å². The lowest BCUT2D eigenvalue weighted by Crippen LogP contribution is -2.49. The summed E-state index contributed by atoms with van der Waals surface area (Å²) in [6.45, 7) is 8.34. The molecule has 0 radical (unpaired) electrons. The van der Waals surface area contributed by atoms with E-state index >= 15 is 0 Å². The van der Waals surface area contributed by atoms with Gasteiger partial charge in [0.2, 0.25) is 0 Å². The molecule has 0 bridgehead atoms. The second-order valence-electron chi connectivity index (χ2n) is 15.4. The molecule has 5 aliphatic rings. The van der Waals surface area contributed by atoms with Crippen molar-refractivity contribution in [3.63, 3.8) is 0 Å². The maximum Gasteiger partial charge on any atom is 0.128 e. The minimum absolute atomic E-state index is 0.0645. The number of rotatable bonds is 5. The molecule has 6 heteroatoms. The molecule has 6 atom stereocenters. The van der Waals surface area contributed by atoms with Gasteiger partial charge in [-0.25, -0.2) is 13.8 Å². The summed E-state index contributed by atoms with van der Waals surface area (Å²) in [5.41, 5.74) is 6.76. The molecule has 246 valence electrons. The highest BCUT2D eigenvalue weighted by atomic mass is 19.1. The lowest BCUT2D eigenvalue weighted by molar-refractivity contribution is -0.0238. The Labute approximate surface area is 278 Å². The number of hydrogen-bond acceptors (Lipinski definition) is 4. The highest BCUT2D eigenvalue weighted by molar-refractivity contribution is 5.73. The lowest BCUT2D eigenvalue weighted by atomic mass is 9.47. The van der Waals surface area contributed by atoms with E-state index in [1.807, 2.05) is 24.3 Å². The molecule has 4 aliphatic carbocycles. The number of aliphatic hydroxyl groups excluding tert-OH is 1. The van der Waals surface area contributed by atoms with Crippen molar-refractivity contribution in [3.05, 3.63) is 113 Å². The van der Waals surface area contributed by atoms with E-state index in [2.05, 4.69) is 54.1 Å². The van der Waals surface area contributed by atoms with Gasteiger partial charge in [0.1, 0.15) is 17.5 Å². The van der Waals surface area contributed by atoms with Gasteiger partial charge < -0.3 is 10.0 Å². The van der Waals surface area contributed by atoms with Crippen molar-refractivity contribution in [3.8, 4) is 0 Å². The van der Waals surface area contributed by atoms with Crippen LogP contribution in [0.15, 0.2) is 84.6 Å². The van der Waals surface area contributed by atoms with Gasteiger partial charge >= 0.3 is 0 Å². The van der Waals surface area contributed by atoms with E-state index in [1.165, 1.54) is 53.8 Å². The van der Waals surface area contributed by atoms with E-state index < -0.39 is 0 Å². The molecular formula is C41H47F2N3O. The summed E-state index contributed by atoms with van der Waals surface area (Å²) in [7, 11) is 0. The second-order valence-corrected chi connectivity index (χ2v) is 15.4. The first-order valence-corrected chi connectivity index (χ1v) is 17.8. The van der Waals surface area contributed by atoms with Gasteiger partial charge in [-0.2, -0.15) is 0 Å². The van der Waals surface area contributed by atoms with Gasteiger partial charge in [0, 0.05) is 32.4 Å². The monoisotopic (exact) mass is 635 g/mol. The number of nitrogens with zero attached hydrogens (tertiary/aromatic N) is 3. The van der Waals surface area contributed by atoms with Crippen molar-refractivity contribution in [2.75, 3.05) is 31.1 Å². The zero-order chi connectivity index (χ0) is 32.3. The normalized spacial score (nSPS) is 32.3. The Balaban J connectivity index is 0.954. The van der Waals surface area contributed by atoms with Crippen LogP contribution < -0.4 is 4.90 Å². The number of aromatic nitrogens is 1. The maximum absolute atomic E-state index is 13.8. The van der Waals surface area contributed by atoms with E-state index in [-0.39, 0.29) is 34.6 Å². The number of allylic oxidation sites excluding steroid dienone is 3. The molecule has 1 N–H and O–H groups in total. The van der Waals surface area contributed by atoms with Crippen molar-refractivity contribution in [2.24, 2.45) is 28.6 Å². The Morgan fingerprint density at radius 3 is 2.06 bits per heavy atom. The maximum atomic E-state index is 13.8. The standard InChI is InChI=1S/C41H47F2N3O/c1-40-19-17-33(47)25-30(40)8-13-34-36-15-14-35(41(36,2)20-18-37(34)40)29-7-16-38(44-26-29)45-21-23-46(24-22-45)39(27-3-9-31(42)10-4-27)28-5-11-32(43)12-6-28/h3-12,14,16,26,33-34,36-37,39,47H,13,15,17-25H2,1-2H3/t33-,34-,36-,37-,40-,41+/m0/s1. The van der Waals surface area contributed by atoms with Crippen LogP contribution in [-0.4, -0.2) is 47.3 Å². The summed E-state index contributed by atoms with van der Waals surface area (Å²) < 4.78 is 27.5. The van der Waals surface area contributed by atoms with Crippen LogP contribution in [0.4, 0.5) is 14.6 Å². The molecule has 2 saturated carbocycles. The van der Waals surface area contributed by atoms with Crippen molar-refractivity contribution >= 4 is 11.4 Å². The Hall–Kier alpha value is -3.35. The first-order valence-electron chi connectivity index (χ1n) is 17.8. The quantitative estimate of drug-likeness (QED) is 0.285. The molecular weight excluding hydrogens is 588 g/mol. The fraction of sp³-hybridized carbons (Fsp3) is 0.488. The fourth-order valence-corrected chi connectivity index (χ4v) is 10.5. The van der Waals surface area contributed by atoms with Gasteiger partial charge in [-0.3, -0.25) is 4.90 Å². The highest BCUT2D eigenvalue weighted by Gasteiger charge is 2.56. The molecule has 4 nitrogen and oxygen atoms in total. The van der Waals surface area contributed by atoms with Gasteiger partial charge in [-0.1, -0.05) is 55.8 Å². The Morgan fingerprint density at radius 2 is 1.43 bits per heavy atom. The zero-order valence-electron chi connectivity index (χ0n) is 27.7. The van der Waals surface area contributed by atoms with Crippen molar-refractivity contribution < 1.29 is 13.9 Å². The molecule has 1 aliphatic heterocycles. The second kappa shape index (κ2) is 12.0. The summed E-state index contributed by atoms with van der Waals surface area (Å²) in [5.74, 6) is 2.61. The summed E-state index contributed by atoms with van der Waals surface area (Å²) in [6.07, 6.45) is 14.8. The third kappa shape index (κ3) is 5.36. The predicted molar refractivity (Wildman–Crippen MR) is 184 cm³/mol. The summed E-state index contributed by atoms with van der Waals surface area (Å²) >= 11 is 0. The third-order valence-corrected chi connectivity index (χ3v) is 13.1.